The number of imide groups is 1. The summed E-state index contributed by atoms with van der Waals surface area (Å²) in [5.74, 6) is -0.405. The van der Waals surface area contributed by atoms with Crippen molar-refractivity contribution in [2.45, 2.75) is 13.8 Å². The van der Waals surface area contributed by atoms with E-state index in [0.29, 0.717) is 34.1 Å². The monoisotopic (exact) mass is 357 g/mol. The van der Waals surface area contributed by atoms with Gasteiger partial charge >= 0.3 is 5.97 Å². The van der Waals surface area contributed by atoms with Crippen LogP contribution in [-0.2, 0) is 4.79 Å². The molecule has 128 valence electrons. The molecular formula is C18H15NO5S. The third-order valence-corrected chi connectivity index (χ3v) is 4.83. The molecule has 0 bridgehead atoms. The van der Waals surface area contributed by atoms with E-state index in [2.05, 4.69) is 0 Å². The molecule has 0 saturated carbocycles. The standard InChI is InChI=1S/C18H15NO5S/c1-3-19-16(20)15(25-18(19)23)9-11-7-8-14(24-11)12-5-4-6-13(10(12)2)17(21)22/h4-9H,3H2,1-2H3,(H,21,22). The molecule has 0 unspecified atom stereocenters. The predicted octanol–water partition coefficient (Wildman–Crippen LogP) is 4.01. The van der Waals surface area contributed by atoms with Crippen LogP contribution in [0.2, 0.25) is 0 Å². The molecule has 25 heavy (non-hydrogen) atoms. The second-order valence-corrected chi connectivity index (χ2v) is 6.40. The van der Waals surface area contributed by atoms with Crippen molar-refractivity contribution >= 4 is 35.0 Å². The number of thioether (sulfide) groups is 1. The van der Waals surface area contributed by atoms with Gasteiger partial charge in [0.2, 0.25) is 0 Å². The van der Waals surface area contributed by atoms with Crippen LogP contribution in [0.5, 0.6) is 0 Å². The fraction of sp³-hybridized carbons (Fsp3) is 0.167. The van der Waals surface area contributed by atoms with E-state index < -0.39 is 5.97 Å². The van der Waals surface area contributed by atoms with Crippen molar-refractivity contribution in [2.75, 3.05) is 6.54 Å². The molecule has 1 fully saturated rings. The Labute approximate surface area is 148 Å². The molecule has 2 amide bonds. The molecule has 1 aromatic heterocycles. The highest BCUT2D eigenvalue weighted by Gasteiger charge is 2.33. The second-order valence-electron chi connectivity index (χ2n) is 5.41. The molecule has 3 rings (SSSR count). The number of nitrogens with zero attached hydrogens (tertiary/aromatic N) is 1. The first kappa shape index (κ1) is 17.0. The number of benzene rings is 1. The molecule has 1 N–H and O–H groups in total. The van der Waals surface area contributed by atoms with E-state index in [1.165, 1.54) is 17.0 Å². The zero-order chi connectivity index (χ0) is 18.1. The fourth-order valence-corrected chi connectivity index (χ4v) is 3.49. The average molecular weight is 357 g/mol. The van der Waals surface area contributed by atoms with Crippen LogP contribution in [0, 0.1) is 6.92 Å². The summed E-state index contributed by atoms with van der Waals surface area (Å²) >= 11 is 0.877. The van der Waals surface area contributed by atoms with Gasteiger partial charge in [-0.2, -0.15) is 0 Å². The SMILES string of the molecule is CCN1C(=O)SC(=Cc2ccc(-c3cccc(C(=O)O)c3C)o2)C1=O. The maximum atomic E-state index is 12.1. The Balaban J connectivity index is 1.93. The minimum Gasteiger partial charge on any atom is -0.478 e. The molecular weight excluding hydrogens is 342 g/mol. The van der Waals surface area contributed by atoms with Gasteiger partial charge in [0.1, 0.15) is 11.5 Å². The number of carbonyl (C=O) groups is 3. The van der Waals surface area contributed by atoms with E-state index in [-0.39, 0.29) is 16.7 Å². The summed E-state index contributed by atoms with van der Waals surface area (Å²) in [5, 5.41) is 8.92. The van der Waals surface area contributed by atoms with Gasteiger partial charge < -0.3 is 9.52 Å². The molecule has 0 radical (unpaired) electrons. The summed E-state index contributed by atoms with van der Waals surface area (Å²) < 4.78 is 5.73. The summed E-state index contributed by atoms with van der Waals surface area (Å²) in [4.78, 5) is 36.6. The number of carboxylic acids is 1. The number of hydrogen-bond donors (Lipinski definition) is 1. The fourth-order valence-electron chi connectivity index (χ4n) is 2.61. The Kier molecular flexibility index (Phi) is 4.50. The Hall–Kier alpha value is -2.80. The van der Waals surface area contributed by atoms with Crippen molar-refractivity contribution in [1.29, 1.82) is 0 Å². The number of likely N-dealkylation sites (N-methyl/N-ethyl adjacent to an activating group) is 1. The number of aromatic carboxylic acids is 1. The molecule has 1 aliphatic heterocycles. The smallest absolute Gasteiger partial charge is 0.335 e. The summed E-state index contributed by atoms with van der Waals surface area (Å²) in [6.07, 6.45) is 1.53. The first-order valence-electron chi connectivity index (χ1n) is 7.61. The van der Waals surface area contributed by atoms with Gasteiger partial charge in [-0.05, 0) is 49.4 Å². The number of hydrogen-bond acceptors (Lipinski definition) is 5. The zero-order valence-electron chi connectivity index (χ0n) is 13.6. The molecule has 7 heteroatoms. The topological polar surface area (TPSA) is 87.8 Å². The summed E-state index contributed by atoms with van der Waals surface area (Å²) in [6.45, 7) is 3.78. The minimum atomic E-state index is -1.00. The first-order chi connectivity index (χ1) is 11.9. The number of rotatable bonds is 4. The minimum absolute atomic E-state index is 0.208. The van der Waals surface area contributed by atoms with Gasteiger partial charge in [-0.3, -0.25) is 14.5 Å². The van der Waals surface area contributed by atoms with E-state index in [4.69, 9.17) is 4.42 Å². The van der Waals surface area contributed by atoms with Crippen LogP contribution in [0.1, 0.15) is 28.6 Å². The maximum absolute atomic E-state index is 12.1. The Morgan fingerprint density at radius 1 is 1.28 bits per heavy atom. The van der Waals surface area contributed by atoms with E-state index in [9.17, 15) is 19.5 Å². The lowest BCUT2D eigenvalue weighted by Crippen LogP contribution is -2.27. The summed E-state index contributed by atoms with van der Waals surface area (Å²) in [5.41, 5.74) is 1.47. The molecule has 1 aromatic carbocycles. The largest absolute Gasteiger partial charge is 0.478 e. The quantitative estimate of drug-likeness (QED) is 0.832. The number of furan rings is 1. The maximum Gasteiger partial charge on any atom is 0.335 e. The third-order valence-electron chi connectivity index (χ3n) is 3.92. The highest BCUT2D eigenvalue weighted by Crippen LogP contribution is 2.33. The van der Waals surface area contributed by atoms with Gasteiger partial charge in [-0.15, -0.1) is 0 Å². The molecule has 1 saturated heterocycles. The lowest BCUT2D eigenvalue weighted by molar-refractivity contribution is -0.122. The molecule has 2 aromatic rings. The van der Waals surface area contributed by atoms with Crippen molar-refractivity contribution < 1.29 is 23.9 Å². The normalized spacial score (nSPS) is 16.1. The van der Waals surface area contributed by atoms with E-state index >= 15 is 0 Å². The Bertz CT molecular complexity index is 912. The van der Waals surface area contributed by atoms with Gasteiger partial charge in [0.05, 0.1) is 10.5 Å². The van der Waals surface area contributed by atoms with Crippen LogP contribution in [-0.4, -0.2) is 33.7 Å². The zero-order valence-corrected chi connectivity index (χ0v) is 14.4. The van der Waals surface area contributed by atoms with E-state index in [0.717, 1.165) is 11.8 Å². The van der Waals surface area contributed by atoms with E-state index in [1.54, 1.807) is 38.1 Å². The van der Waals surface area contributed by atoms with Crippen LogP contribution in [0.25, 0.3) is 17.4 Å². The van der Waals surface area contributed by atoms with Crippen LogP contribution in [0.3, 0.4) is 0 Å². The third kappa shape index (κ3) is 3.10. The summed E-state index contributed by atoms with van der Waals surface area (Å²) in [7, 11) is 0. The molecule has 0 spiro atoms. The molecule has 2 heterocycles. The summed E-state index contributed by atoms with van der Waals surface area (Å²) in [6, 6.07) is 8.35. The van der Waals surface area contributed by atoms with Gasteiger partial charge in [-0.25, -0.2) is 4.79 Å². The number of carbonyl (C=O) groups excluding carboxylic acids is 2. The lowest BCUT2D eigenvalue weighted by atomic mass is 10.0. The highest BCUT2D eigenvalue weighted by molar-refractivity contribution is 8.18. The molecule has 6 nitrogen and oxygen atoms in total. The molecule has 0 aliphatic carbocycles. The molecule has 1 aliphatic rings. The number of amides is 2. The van der Waals surface area contributed by atoms with Crippen molar-refractivity contribution in [3.8, 4) is 11.3 Å². The van der Waals surface area contributed by atoms with Crippen LogP contribution in [0.4, 0.5) is 4.79 Å². The predicted molar refractivity (Wildman–Crippen MR) is 94.2 cm³/mol. The van der Waals surface area contributed by atoms with Crippen molar-refractivity contribution in [3.05, 3.63) is 52.1 Å². The van der Waals surface area contributed by atoms with Gasteiger partial charge in [0, 0.05) is 18.2 Å². The molecule has 0 atom stereocenters. The average Bonchev–Trinajstić information content (AvgIpc) is 3.12. The highest BCUT2D eigenvalue weighted by atomic mass is 32.2. The van der Waals surface area contributed by atoms with Crippen LogP contribution < -0.4 is 0 Å². The Morgan fingerprint density at radius 2 is 2.04 bits per heavy atom. The van der Waals surface area contributed by atoms with E-state index in [1.807, 2.05) is 0 Å². The van der Waals surface area contributed by atoms with Crippen LogP contribution >= 0.6 is 11.8 Å². The van der Waals surface area contributed by atoms with Gasteiger partial charge in [0.15, 0.2) is 0 Å². The van der Waals surface area contributed by atoms with Crippen LogP contribution in [0.15, 0.2) is 39.7 Å². The van der Waals surface area contributed by atoms with Gasteiger partial charge in [0.25, 0.3) is 11.1 Å². The lowest BCUT2D eigenvalue weighted by Gasteiger charge is -2.06. The van der Waals surface area contributed by atoms with Crippen molar-refractivity contribution in [2.24, 2.45) is 0 Å². The second kappa shape index (κ2) is 6.60. The van der Waals surface area contributed by atoms with Crippen molar-refractivity contribution in [1.82, 2.24) is 4.90 Å². The number of carboxylic acid groups (broad SMARTS) is 1. The first-order valence-corrected chi connectivity index (χ1v) is 8.42. The van der Waals surface area contributed by atoms with Crippen molar-refractivity contribution in [3.63, 3.8) is 0 Å². The van der Waals surface area contributed by atoms with Gasteiger partial charge in [-0.1, -0.05) is 12.1 Å². The Morgan fingerprint density at radius 3 is 2.68 bits per heavy atom.